The zero-order valence-electron chi connectivity index (χ0n) is 16.2. The summed E-state index contributed by atoms with van der Waals surface area (Å²) >= 11 is 0. The van der Waals surface area contributed by atoms with E-state index >= 15 is 0 Å². The van der Waals surface area contributed by atoms with Crippen molar-refractivity contribution in [2.24, 2.45) is 5.92 Å². The van der Waals surface area contributed by atoms with Crippen LogP contribution >= 0.6 is 0 Å². The van der Waals surface area contributed by atoms with Gasteiger partial charge in [-0.2, -0.15) is 0 Å². The second-order valence-electron chi connectivity index (χ2n) is 8.26. The van der Waals surface area contributed by atoms with Gasteiger partial charge in [-0.05, 0) is 42.7 Å². The van der Waals surface area contributed by atoms with Crippen molar-refractivity contribution in [1.29, 1.82) is 0 Å². The minimum absolute atomic E-state index is 0.190. The molecule has 136 valence electrons. The van der Waals surface area contributed by atoms with Crippen LogP contribution in [-0.4, -0.2) is 41.8 Å². The van der Waals surface area contributed by atoms with E-state index in [1.807, 2.05) is 0 Å². The smallest absolute Gasteiger partial charge is 0.0827 e. The van der Waals surface area contributed by atoms with E-state index in [0.29, 0.717) is 0 Å². The van der Waals surface area contributed by atoms with E-state index < -0.39 is 6.10 Å². The number of rotatable bonds is 6. The molecule has 2 rings (SSSR count). The van der Waals surface area contributed by atoms with Crippen molar-refractivity contribution < 1.29 is 9.84 Å². The molecule has 1 aliphatic rings. The van der Waals surface area contributed by atoms with Gasteiger partial charge in [-0.3, -0.25) is 4.90 Å². The van der Waals surface area contributed by atoms with Gasteiger partial charge in [-0.25, -0.2) is 0 Å². The van der Waals surface area contributed by atoms with Crippen molar-refractivity contribution in [3.05, 3.63) is 35.4 Å². The average Bonchev–Trinajstić information content (AvgIpc) is 2.53. The monoisotopic (exact) mass is 333 g/mol. The number of benzene rings is 1. The molecule has 0 radical (unpaired) electrons. The first-order chi connectivity index (χ1) is 11.2. The summed E-state index contributed by atoms with van der Waals surface area (Å²) in [5, 5.41) is 10.7. The molecule has 3 nitrogen and oxygen atoms in total. The third-order valence-electron chi connectivity index (χ3n) is 5.50. The van der Waals surface area contributed by atoms with Crippen molar-refractivity contribution >= 4 is 0 Å². The molecule has 4 atom stereocenters. The standard InChI is InChI=1S/C21H35NO2/c1-7-21(5,6)19-10-8-18(9-11-19)20(23)15(2)12-22-13-16(3)24-17(4)14-22/h8-11,15-17,20,23H,7,12-14H2,1-6H3/t15?,16-,17+,20-/m1/s1. The average molecular weight is 334 g/mol. The van der Waals surface area contributed by atoms with Gasteiger partial charge in [0, 0.05) is 19.6 Å². The van der Waals surface area contributed by atoms with E-state index in [4.69, 9.17) is 4.74 Å². The Morgan fingerprint density at radius 2 is 1.71 bits per heavy atom. The third-order valence-corrected chi connectivity index (χ3v) is 5.50. The normalized spacial score (nSPS) is 25.5. The van der Waals surface area contributed by atoms with Crippen LogP contribution in [0.4, 0.5) is 0 Å². The predicted octanol–water partition coefficient (Wildman–Crippen LogP) is 4.15. The van der Waals surface area contributed by atoms with Crippen LogP contribution in [0.2, 0.25) is 0 Å². The highest BCUT2D eigenvalue weighted by atomic mass is 16.5. The molecule has 0 spiro atoms. The molecular formula is C21H35NO2. The van der Waals surface area contributed by atoms with Gasteiger partial charge in [0.25, 0.3) is 0 Å². The molecule has 0 aliphatic carbocycles. The first-order valence-corrected chi connectivity index (χ1v) is 9.39. The van der Waals surface area contributed by atoms with Crippen LogP contribution in [0.3, 0.4) is 0 Å². The maximum atomic E-state index is 10.7. The van der Waals surface area contributed by atoms with Crippen LogP contribution in [0.15, 0.2) is 24.3 Å². The van der Waals surface area contributed by atoms with E-state index in [1.165, 1.54) is 5.56 Å². The van der Waals surface area contributed by atoms with Gasteiger partial charge in [0.05, 0.1) is 18.3 Å². The first kappa shape index (κ1) is 19.4. The number of morpholine rings is 1. The van der Waals surface area contributed by atoms with Gasteiger partial charge < -0.3 is 9.84 Å². The summed E-state index contributed by atoms with van der Waals surface area (Å²) in [5.41, 5.74) is 2.55. The van der Waals surface area contributed by atoms with Gasteiger partial charge >= 0.3 is 0 Å². The Kier molecular flexibility index (Phi) is 6.46. The summed E-state index contributed by atoms with van der Waals surface area (Å²) < 4.78 is 5.79. The van der Waals surface area contributed by atoms with E-state index in [2.05, 4.69) is 70.7 Å². The Hall–Kier alpha value is -0.900. The molecule has 1 N–H and O–H groups in total. The number of hydrogen-bond acceptors (Lipinski definition) is 3. The van der Waals surface area contributed by atoms with Gasteiger partial charge in [0.15, 0.2) is 0 Å². The Morgan fingerprint density at radius 1 is 1.17 bits per heavy atom. The fourth-order valence-electron chi connectivity index (χ4n) is 3.60. The van der Waals surface area contributed by atoms with Crippen molar-refractivity contribution in [1.82, 2.24) is 4.90 Å². The highest BCUT2D eigenvalue weighted by Gasteiger charge is 2.26. The molecule has 0 aromatic heterocycles. The number of aliphatic hydroxyl groups is 1. The van der Waals surface area contributed by atoms with Crippen LogP contribution in [0.25, 0.3) is 0 Å². The highest BCUT2D eigenvalue weighted by Crippen LogP contribution is 2.29. The van der Waals surface area contributed by atoms with Crippen molar-refractivity contribution in [3.8, 4) is 0 Å². The lowest BCUT2D eigenvalue weighted by atomic mass is 9.81. The lowest BCUT2D eigenvalue weighted by Crippen LogP contribution is -2.47. The molecule has 24 heavy (non-hydrogen) atoms. The fourth-order valence-corrected chi connectivity index (χ4v) is 3.60. The Morgan fingerprint density at radius 3 is 2.21 bits per heavy atom. The van der Waals surface area contributed by atoms with E-state index in [-0.39, 0.29) is 23.5 Å². The number of nitrogens with zero attached hydrogens (tertiary/aromatic N) is 1. The van der Waals surface area contributed by atoms with Crippen LogP contribution < -0.4 is 0 Å². The SMILES string of the molecule is CCC(C)(C)c1ccc([C@H](O)C(C)CN2C[C@@H](C)O[C@@H](C)C2)cc1. The van der Waals surface area contributed by atoms with E-state index in [9.17, 15) is 5.11 Å². The fraction of sp³-hybridized carbons (Fsp3) is 0.714. The second kappa shape index (κ2) is 7.99. The topological polar surface area (TPSA) is 32.7 Å². The van der Waals surface area contributed by atoms with Crippen molar-refractivity contribution in [2.45, 2.75) is 71.7 Å². The van der Waals surface area contributed by atoms with E-state index in [0.717, 1.165) is 31.6 Å². The summed E-state index contributed by atoms with van der Waals surface area (Å²) in [6.07, 6.45) is 1.23. The van der Waals surface area contributed by atoms with Crippen LogP contribution in [0.1, 0.15) is 65.2 Å². The summed E-state index contributed by atoms with van der Waals surface area (Å²) in [7, 11) is 0. The predicted molar refractivity (Wildman–Crippen MR) is 100 cm³/mol. The molecule has 1 saturated heterocycles. The number of aliphatic hydroxyl groups excluding tert-OH is 1. The molecule has 0 saturated carbocycles. The van der Waals surface area contributed by atoms with Gasteiger partial charge in [-0.15, -0.1) is 0 Å². The van der Waals surface area contributed by atoms with Crippen molar-refractivity contribution in [2.75, 3.05) is 19.6 Å². The first-order valence-electron chi connectivity index (χ1n) is 9.39. The summed E-state index contributed by atoms with van der Waals surface area (Å²) in [5.74, 6) is 0.201. The summed E-state index contributed by atoms with van der Waals surface area (Å²) in [4.78, 5) is 2.42. The van der Waals surface area contributed by atoms with Gasteiger partial charge in [-0.1, -0.05) is 52.0 Å². The third kappa shape index (κ3) is 4.81. The Balaban J connectivity index is 1.98. The second-order valence-corrected chi connectivity index (χ2v) is 8.26. The zero-order valence-corrected chi connectivity index (χ0v) is 16.2. The maximum Gasteiger partial charge on any atom is 0.0827 e. The Bertz CT molecular complexity index is 501. The number of hydrogen-bond donors (Lipinski definition) is 1. The molecule has 1 heterocycles. The molecule has 1 fully saturated rings. The summed E-state index contributed by atoms with van der Waals surface area (Å²) in [6, 6.07) is 8.54. The molecule has 1 unspecified atom stereocenters. The van der Waals surface area contributed by atoms with Crippen LogP contribution in [0.5, 0.6) is 0 Å². The lowest BCUT2D eigenvalue weighted by Gasteiger charge is -2.37. The lowest BCUT2D eigenvalue weighted by molar-refractivity contribution is -0.0754. The Labute approximate surface area is 148 Å². The molecular weight excluding hydrogens is 298 g/mol. The molecule has 1 aliphatic heterocycles. The van der Waals surface area contributed by atoms with E-state index in [1.54, 1.807) is 0 Å². The highest BCUT2D eigenvalue weighted by molar-refractivity contribution is 5.29. The number of ether oxygens (including phenoxy) is 1. The van der Waals surface area contributed by atoms with Crippen LogP contribution in [0, 0.1) is 5.92 Å². The molecule has 1 aromatic rings. The summed E-state index contributed by atoms with van der Waals surface area (Å²) in [6.45, 7) is 15.9. The molecule has 3 heteroatoms. The van der Waals surface area contributed by atoms with Gasteiger partial charge in [0.1, 0.15) is 0 Å². The quantitative estimate of drug-likeness (QED) is 0.849. The minimum atomic E-state index is -0.419. The van der Waals surface area contributed by atoms with Crippen LogP contribution in [-0.2, 0) is 10.2 Å². The zero-order chi connectivity index (χ0) is 17.9. The van der Waals surface area contributed by atoms with Crippen molar-refractivity contribution in [3.63, 3.8) is 0 Å². The van der Waals surface area contributed by atoms with Gasteiger partial charge in [0.2, 0.25) is 0 Å². The molecule has 0 bridgehead atoms. The maximum absolute atomic E-state index is 10.7. The molecule has 0 amide bonds. The minimum Gasteiger partial charge on any atom is -0.388 e. The largest absolute Gasteiger partial charge is 0.388 e. The molecule has 1 aromatic carbocycles.